The van der Waals surface area contributed by atoms with Gasteiger partial charge in [0.1, 0.15) is 24.2 Å². The first-order valence-electron chi connectivity index (χ1n) is 11.4. The van der Waals surface area contributed by atoms with Crippen LogP contribution in [0.4, 0.5) is 4.79 Å². The lowest BCUT2D eigenvalue weighted by molar-refractivity contribution is -0.149. The van der Waals surface area contributed by atoms with Crippen molar-refractivity contribution < 1.29 is 28.7 Å². The number of nitrogens with zero attached hydrogens (tertiary/aromatic N) is 1. The van der Waals surface area contributed by atoms with Gasteiger partial charge in [0, 0.05) is 11.3 Å². The van der Waals surface area contributed by atoms with Crippen LogP contribution in [0.2, 0.25) is 0 Å². The summed E-state index contributed by atoms with van der Waals surface area (Å²) in [5, 5.41) is 5.15. The lowest BCUT2D eigenvalue weighted by atomic mass is 9.91. The summed E-state index contributed by atoms with van der Waals surface area (Å²) in [6.45, 7) is 13.9. The van der Waals surface area contributed by atoms with E-state index in [2.05, 4.69) is 28.0 Å². The molecule has 0 aromatic heterocycles. The number of rotatable bonds is 8. The highest BCUT2D eigenvalue weighted by Crippen LogP contribution is 2.32. The third kappa shape index (κ3) is 8.76. The van der Waals surface area contributed by atoms with Gasteiger partial charge >= 0.3 is 12.1 Å². The molecular formula is C25H39N3O6S. The van der Waals surface area contributed by atoms with Crippen molar-refractivity contribution >= 4 is 36.5 Å². The Balaban J connectivity index is 3.54. The number of alkyl carbamates (subject to hydrolysis) is 1. The molecule has 2 N–H and O–H groups in total. The quantitative estimate of drug-likeness (QED) is 0.367. The molecule has 2 atom stereocenters. The summed E-state index contributed by atoms with van der Waals surface area (Å²) in [4.78, 5) is 52.9. The van der Waals surface area contributed by atoms with Crippen molar-refractivity contribution in [1.82, 2.24) is 15.5 Å². The number of carbonyl (C=O) groups is 4. The molecule has 1 aromatic rings. The van der Waals surface area contributed by atoms with Crippen molar-refractivity contribution in [3.8, 4) is 0 Å². The Morgan fingerprint density at radius 2 is 1.66 bits per heavy atom. The molecule has 0 heterocycles. The smallest absolute Gasteiger partial charge is 0.408 e. The third-order valence-corrected chi connectivity index (χ3v) is 5.58. The molecule has 0 saturated heterocycles. The molecule has 0 spiro atoms. The summed E-state index contributed by atoms with van der Waals surface area (Å²) < 4.78 is 9.94. The molecule has 35 heavy (non-hydrogen) atoms. The number of benzene rings is 1. The van der Waals surface area contributed by atoms with Gasteiger partial charge in [-0.15, -0.1) is 0 Å². The van der Waals surface area contributed by atoms with Crippen molar-refractivity contribution in [2.75, 3.05) is 19.4 Å². The van der Waals surface area contributed by atoms with Crippen LogP contribution in [0, 0.1) is 13.8 Å². The van der Waals surface area contributed by atoms with Crippen LogP contribution in [0.5, 0.6) is 0 Å². The number of thiol groups is 1. The van der Waals surface area contributed by atoms with Crippen molar-refractivity contribution in [2.45, 2.75) is 78.6 Å². The Hall–Kier alpha value is -2.75. The average Bonchev–Trinajstić information content (AvgIpc) is 2.73. The lowest BCUT2D eigenvalue weighted by Crippen LogP contribution is -2.59. The number of hydrogen-bond acceptors (Lipinski definition) is 7. The SMILES string of the molecule is COC(=O)CNC(=O)C(c1cccc(C)c1C)N(C(=O)C(CS)NC(=O)OC(C)(C)C)C(C)(C)C. The summed E-state index contributed by atoms with van der Waals surface area (Å²) in [6.07, 6.45) is -0.766. The molecule has 0 aliphatic rings. The number of methoxy groups -OCH3 is 1. The van der Waals surface area contributed by atoms with Gasteiger partial charge in [0.25, 0.3) is 0 Å². The fraction of sp³-hybridized carbons (Fsp3) is 0.600. The number of aryl methyl sites for hydroxylation is 1. The van der Waals surface area contributed by atoms with Gasteiger partial charge in [-0.05, 0) is 72.1 Å². The first-order valence-corrected chi connectivity index (χ1v) is 12.0. The topological polar surface area (TPSA) is 114 Å². The maximum atomic E-state index is 13.9. The molecule has 196 valence electrons. The molecule has 1 aromatic carbocycles. The second kappa shape index (κ2) is 12.3. The van der Waals surface area contributed by atoms with E-state index in [9.17, 15) is 19.2 Å². The predicted molar refractivity (Wildman–Crippen MR) is 137 cm³/mol. The van der Waals surface area contributed by atoms with E-state index >= 15 is 0 Å². The maximum Gasteiger partial charge on any atom is 0.408 e. The normalized spacial score (nSPS) is 13.3. The van der Waals surface area contributed by atoms with E-state index in [4.69, 9.17) is 4.74 Å². The van der Waals surface area contributed by atoms with Gasteiger partial charge in [-0.1, -0.05) is 18.2 Å². The van der Waals surface area contributed by atoms with E-state index in [-0.39, 0.29) is 12.3 Å². The van der Waals surface area contributed by atoms with Gasteiger partial charge in [0.05, 0.1) is 7.11 Å². The molecule has 9 nitrogen and oxygen atoms in total. The number of ether oxygens (including phenoxy) is 2. The Kier molecular flexibility index (Phi) is 10.6. The van der Waals surface area contributed by atoms with E-state index in [1.807, 2.05) is 19.9 Å². The average molecular weight is 510 g/mol. The van der Waals surface area contributed by atoms with Crippen molar-refractivity contribution in [1.29, 1.82) is 0 Å². The Bertz CT molecular complexity index is 936. The lowest BCUT2D eigenvalue weighted by Gasteiger charge is -2.43. The van der Waals surface area contributed by atoms with Gasteiger partial charge in [0.2, 0.25) is 11.8 Å². The second-order valence-corrected chi connectivity index (χ2v) is 10.6. The summed E-state index contributed by atoms with van der Waals surface area (Å²) >= 11 is 4.28. The summed E-state index contributed by atoms with van der Waals surface area (Å²) in [7, 11) is 1.22. The second-order valence-electron chi connectivity index (χ2n) is 10.2. The number of hydrogen-bond donors (Lipinski definition) is 3. The van der Waals surface area contributed by atoms with Crippen molar-refractivity contribution in [2.24, 2.45) is 0 Å². The zero-order chi connectivity index (χ0) is 27.1. The minimum Gasteiger partial charge on any atom is -0.468 e. The number of carbonyl (C=O) groups excluding carboxylic acids is 4. The monoisotopic (exact) mass is 509 g/mol. The Morgan fingerprint density at radius 1 is 1.06 bits per heavy atom. The fourth-order valence-electron chi connectivity index (χ4n) is 3.44. The fourth-order valence-corrected chi connectivity index (χ4v) is 3.69. The van der Waals surface area contributed by atoms with Crippen molar-refractivity contribution in [3.05, 3.63) is 34.9 Å². The molecule has 2 unspecified atom stereocenters. The van der Waals surface area contributed by atoms with E-state index < -0.39 is 47.1 Å². The van der Waals surface area contributed by atoms with E-state index in [0.717, 1.165) is 11.1 Å². The first-order chi connectivity index (χ1) is 16.0. The zero-order valence-electron chi connectivity index (χ0n) is 22.1. The van der Waals surface area contributed by atoms with Crippen LogP contribution in [0.25, 0.3) is 0 Å². The van der Waals surface area contributed by atoms with Crippen LogP contribution in [0.15, 0.2) is 18.2 Å². The van der Waals surface area contributed by atoms with Gasteiger partial charge in [0.15, 0.2) is 0 Å². The van der Waals surface area contributed by atoms with Crippen LogP contribution in [0.1, 0.15) is 64.3 Å². The highest BCUT2D eigenvalue weighted by molar-refractivity contribution is 7.80. The standard InChI is InChI=1S/C25H39N3O6S/c1-15-11-10-12-17(16(15)2)20(21(30)26-13-19(29)33-9)28(24(3,4)5)22(31)18(14-35)27-23(32)34-25(6,7)8/h10-12,18,20,35H,13-14H2,1-9H3,(H,26,30)(H,27,32). The van der Waals surface area contributed by atoms with Gasteiger partial charge in [-0.3, -0.25) is 14.4 Å². The minimum atomic E-state index is -1.09. The maximum absolute atomic E-state index is 13.9. The molecule has 10 heteroatoms. The predicted octanol–water partition coefficient (Wildman–Crippen LogP) is 3.08. The third-order valence-electron chi connectivity index (χ3n) is 5.21. The minimum absolute atomic E-state index is 0.0199. The van der Waals surface area contributed by atoms with Crippen molar-refractivity contribution in [3.63, 3.8) is 0 Å². The molecule has 0 fully saturated rings. The largest absolute Gasteiger partial charge is 0.468 e. The highest BCUT2D eigenvalue weighted by atomic mass is 32.1. The first kappa shape index (κ1) is 30.3. The zero-order valence-corrected chi connectivity index (χ0v) is 23.0. The molecule has 3 amide bonds. The summed E-state index contributed by atoms with van der Waals surface area (Å²) in [5.74, 6) is -1.71. The van der Waals surface area contributed by atoms with Crippen LogP contribution in [-0.2, 0) is 23.9 Å². The molecule has 0 bridgehead atoms. The van der Waals surface area contributed by atoms with Gasteiger partial charge in [-0.2, -0.15) is 12.6 Å². The molecule has 0 saturated carbocycles. The Labute approximate surface area is 213 Å². The van der Waals surface area contributed by atoms with E-state index in [1.54, 1.807) is 53.7 Å². The van der Waals surface area contributed by atoms with Crippen LogP contribution < -0.4 is 10.6 Å². The summed E-state index contributed by atoms with van der Waals surface area (Å²) in [5.41, 5.74) is 0.762. The molecule has 1 rings (SSSR count). The molecule has 0 aliphatic carbocycles. The number of nitrogens with one attached hydrogen (secondary N) is 2. The number of esters is 1. The molecular weight excluding hydrogens is 470 g/mol. The highest BCUT2D eigenvalue weighted by Gasteiger charge is 2.42. The van der Waals surface area contributed by atoms with Gasteiger partial charge in [-0.25, -0.2) is 4.79 Å². The van der Waals surface area contributed by atoms with E-state index in [1.165, 1.54) is 12.0 Å². The van der Waals surface area contributed by atoms with Crippen LogP contribution in [-0.4, -0.2) is 65.4 Å². The molecule has 0 radical (unpaired) electrons. The molecule has 0 aliphatic heterocycles. The van der Waals surface area contributed by atoms with Crippen LogP contribution in [0.3, 0.4) is 0 Å². The van der Waals surface area contributed by atoms with Crippen LogP contribution >= 0.6 is 12.6 Å². The Morgan fingerprint density at radius 3 is 2.14 bits per heavy atom. The van der Waals surface area contributed by atoms with Gasteiger partial charge < -0.3 is 25.0 Å². The summed E-state index contributed by atoms with van der Waals surface area (Å²) in [6, 6.07) is 3.33. The van der Waals surface area contributed by atoms with E-state index in [0.29, 0.717) is 5.56 Å². The number of amides is 3.